The largest absolute Gasteiger partial charge is 0.373 e. The topological polar surface area (TPSA) is 21.3 Å². The highest BCUT2D eigenvalue weighted by molar-refractivity contribution is 4.97. The number of hydrogen-bond donors (Lipinski definition) is 1. The molecule has 1 saturated carbocycles. The summed E-state index contributed by atoms with van der Waals surface area (Å²) < 4.78 is 5.82. The molecule has 2 heterocycles. The van der Waals surface area contributed by atoms with Crippen molar-refractivity contribution >= 4 is 0 Å². The number of nitrogens with one attached hydrogen (secondary N) is 1. The van der Waals surface area contributed by atoms with E-state index >= 15 is 0 Å². The second kappa shape index (κ2) is 2.96. The van der Waals surface area contributed by atoms with Gasteiger partial charge in [-0.15, -0.1) is 0 Å². The lowest BCUT2D eigenvalue weighted by molar-refractivity contribution is 0.0917. The third-order valence-electron chi connectivity index (χ3n) is 3.93. The van der Waals surface area contributed by atoms with Crippen LogP contribution in [0.4, 0.5) is 0 Å². The van der Waals surface area contributed by atoms with Gasteiger partial charge in [-0.05, 0) is 38.0 Å². The molecular weight excluding hydrogens is 162 g/mol. The number of rotatable bonds is 2. The van der Waals surface area contributed by atoms with E-state index in [2.05, 4.69) is 12.2 Å². The van der Waals surface area contributed by atoms with Gasteiger partial charge < -0.3 is 10.1 Å². The molecule has 3 unspecified atom stereocenters. The zero-order chi connectivity index (χ0) is 8.84. The SMILES string of the molecule is CC1CC(NC2CC3CCC2O3)C1. The Balaban J connectivity index is 1.51. The van der Waals surface area contributed by atoms with Crippen molar-refractivity contribution in [3.63, 3.8) is 0 Å². The van der Waals surface area contributed by atoms with Crippen LogP contribution in [0.15, 0.2) is 0 Å². The fourth-order valence-electron chi connectivity index (χ4n) is 3.15. The van der Waals surface area contributed by atoms with Crippen molar-refractivity contribution in [3.05, 3.63) is 0 Å². The van der Waals surface area contributed by atoms with Crippen molar-refractivity contribution in [3.8, 4) is 0 Å². The second-order valence-corrected chi connectivity index (χ2v) is 5.16. The first-order valence-corrected chi connectivity index (χ1v) is 5.73. The molecule has 2 aliphatic heterocycles. The molecule has 0 aromatic carbocycles. The van der Waals surface area contributed by atoms with E-state index in [0.717, 1.165) is 12.0 Å². The molecule has 2 saturated heterocycles. The maximum absolute atomic E-state index is 5.82. The molecule has 0 aromatic heterocycles. The van der Waals surface area contributed by atoms with Crippen LogP contribution in [0.1, 0.15) is 39.0 Å². The second-order valence-electron chi connectivity index (χ2n) is 5.16. The molecule has 2 bridgehead atoms. The molecule has 0 radical (unpaired) electrons. The van der Waals surface area contributed by atoms with Crippen LogP contribution in [-0.4, -0.2) is 24.3 Å². The van der Waals surface area contributed by atoms with E-state index in [1.807, 2.05) is 0 Å². The molecule has 3 atom stereocenters. The summed E-state index contributed by atoms with van der Waals surface area (Å²) in [6.45, 7) is 2.34. The van der Waals surface area contributed by atoms with Crippen LogP contribution in [0.25, 0.3) is 0 Å². The number of fused-ring (bicyclic) bond motifs is 2. The van der Waals surface area contributed by atoms with Gasteiger partial charge in [0, 0.05) is 12.1 Å². The Labute approximate surface area is 80.0 Å². The Morgan fingerprint density at radius 1 is 1.15 bits per heavy atom. The van der Waals surface area contributed by atoms with Gasteiger partial charge in [-0.1, -0.05) is 6.92 Å². The summed E-state index contributed by atoms with van der Waals surface area (Å²) in [5.41, 5.74) is 0. The first-order valence-electron chi connectivity index (χ1n) is 5.73. The highest BCUT2D eigenvalue weighted by atomic mass is 16.5. The summed E-state index contributed by atoms with van der Waals surface area (Å²) in [6, 6.07) is 1.50. The maximum atomic E-state index is 5.82. The van der Waals surface area contributed by atoms with Gasteiger partial charge in [0.15, 0.2) is 0 Å². The smallest absolute Gasteiger partial charge is 0.0733 e. The lowest BCUT2D eigenvalue weighted by Gasteiger charge is -2.37. The van der Waals surface area contributed by atoms with Crippen molar-refractivity contribution in [2.75, 3.05) is 0 Å². The van der Waals surface area contributed by atoms with Crippen LogP contribution >= 0.6 is 0 Å². The van der Waals surface area contributed by atoms with E-state index in [1.165, 1.54) is 32.1 Å². The van der Waals surface area contributed by atoms with E-state index in [1.54, 1.807) is 0 Å². The van der Waals surface area contributed by atoms with Gasteiger partial charge in [0.1, 0.15) is 0 Å². The van der Waals surface area contributed by atoms with Crippen molar-refractivity contribution in [2.24, 2.45) is 5.92 Å². The van der Waals surface area contributed by atoms with Crippen LogP contribution in [0, 0.1) is 5.92 Å². The fourth-order valence-corrected chi connectivity index (χ4v) is 3.15. The molecule has 3 aliphatic rings. The highest BCUT2D eigenvalue weighted by Crippen LogP contribution is 2.36. The Hall–Kier alpha value is -0.0800. The van der Waals surface area contributed by atoms with Gasteiger partial charge in [-0.25, -0.2) is 0 Å². The lowest BCUT2D eigenvalue weighted by atomic mass is 9.80. The summed E-state index contributed by atoms with van der Waals surface area (Å²) in [4.78, 5) is 0. The number of hydrogen-bond acceptors (Lipinski definition) is 2. The van der Waals surface area contributed by atoms with Crippen LogP contribution in [-0.2, 0) is 4.74 Å². The molecule has 0 aromatic rings. The first-order chi connectivity index (χ1) is 6.31. The van der Waals surface area contributed by atoms with E-state index in [9.17, 15) is 0 Å². The van der Waals surface area contributed by atoms with Crippen LogP contribution in [0.3, 0.4) is 0 Å². The minimum atomic E-state index is 0.556. The molecule has 2 heteroatoms. The summed E-state index contributed by atoms with van der Waals surface area (Å²) in [6.07, 6.45) is 7.80. The maximum Gasteiger partial charge on any atom is 0.0733 e. The number of ether oxygens (including phenoxy) is 1. The van der Waals surface area contributed by atoms with Crippen molar-refractivity contribution < 1.29 is 4.74 Å². The summed E-state index contributed by atoms with van der Waals surface area (Å²) in [7, 11) is 0. The Morgan fingerprint density at radius 3 is 2.54 bits per heavy atom. The van der Waals surface area contributed by atoms with Gasteiger partial charge >= 0.3 is 0 Å². The Morgan fingerprint density at radius 2 is 2.00 bits per heavy atom. The summed E-state index contributed by atoms with van der Waals surface area (Å²) in [5.74, 6) is 0.956. The molecule has 13 heavy (non-hydrogen) atoms. The molecule has 3 rings (SSSR count). The van der Waals surface area contributed by atoms with E-state index in [-0.39, 0.29) is 0 Å². The molecule has 0 spiro atoms. The van der Waals surface area contributed by atoms with E-state index in [4.69, 9.17) is 4.74 Å². The molecule has 0 amide bonds. The Kier molecular flexibility index (Phi) is 1.88. The van der Waals surface area contributed by atoms with Gasteiger partial charge in [-0.3, -0.25) is 0 Å². The minimum absolute atomic E-state index is 0.556. The van der Waals surface area contributed by atoms with E-state index < -0.39 is 0 Å². The molecule has 1 N–H and O–H groups in total. The predicted molar refractivity (Wildman–Crippen MR) is 51.6 cm³/mol. The fraction of sp³-hybridized carbons (Fsp3) is 1.00. The quantitative estimate of drug-likeness (QED) is 0.700. The standard InChI is InChI=1S/C11H19NO/c1-7-4-8(5-7)12-10-6-9-2-3-11(10)13-9/h7-12H,2-6H2,1H3. The van der Waals surface area contributed by atoms with Gasteiger partial charge in [0.2, 0.25) is 0 Å². The molecule has 74 valence electrons. The van der Waals surface area contributed by atoms with Crippen LogP contribution in [0.2, 0.25) is 0 Å². The van der Waals surface area contributed by atoms with E-state index in [0.29, 0.717) is 18.2 Å². The predicted octanol–water partition coefficient (Wildman–Crippen LogP) is 1.69. The van der Waals surface area contributed by atoms with Crippen molar-refractivity contribution in [2.45, 2.75) is 63.3 Å². The third-order valence-corrected chi connectivity index (χ3v) is 3.93. The zero-order valence-electron chi connectivity index (χ0n) is 8.33. The average molecular weight is 181 g/mol. The van der Waals surface area contributed by atoms with Gasteiger partial charge in [0.05, 0.1) is 12.2 Å². The van der Waals surface area contributed by atoms with Gasteiger partial charge in [-0.2, -0.15) is 0 Å². The first kappa shape index (κ1) is 8.25. The molecule has 3 fully saturated rings. The normalized spacial score (nSPS) is 53.8. The van der Waals surface area contributed by atoms with Crippen LogP contribution < -0.4 is 5.32 Å². The highest BCUT2D eigenvalue weighted by Gasteiger charge is 2.42. The summed E-state index contributed by atoms with van der Waals surface area (Å²) in [5, 5.41) is 3.75. The van der Waals surface area contributed by atoms with Crippen molar-refractivity contribution in [1.82, 2.24) is 5.32 Å². The lowest BCUT2D eigenvalue weighted by Crippen LogP contribution is -2.49. The van der Waals surface area contributed by atoms with Crippen LogP contribution in [0.5, 0.6) is 0 Å². The van der Waals surface area contributed by atoms with Crippen molar-refractivity contribution in [1.29, 1.82) is 0 Å². The molecule has 1 aliphatic carbocycles. The third kappa shape index (κ3) is 1.40. The van der Waals surface area contributed by atoms with Gasteiger partial charge in [0.25, 0.3) is 0 Å². The Bertz CT molecular complexity index is 200. The molecule has 2 nitrogen and oxygen atoms in total. The monoisotopic (exact) mass is 181 g/mol. The average Bonchev–Trinajstić information content (AvgIpc) is 2.62. The summed E-state index contributed by atoms with van der Waals surface area (Å²) >= 11 is 0. The zero-order valence-corrected chi connectivity index (χ0v) is 8.33. The minimum Gasteiger partial charge on any atom is -0.373 e. The molecular formula is C11H19NO.